The minimum atomic E-state index is -3.02. The molecule has 0 N–H and O–H groups in total. The molecular weight excluding hydrogens is 286 g/mol. The summed E-state index contributed by atoms with van der Waals surface area (Å²) in [5.41, 5.74) is 1.77. The van der Waals surface area contributed by atoms with E-state index in [1.807, 2.05) is 13.0 Å². The minimum absolute atomic E-state index is 0.0710. The first kappa shape index (κ1) is 14.3. The number of ketones is 1. The lowest BCUT2D eigenvalue weighted by Crippen LogP contribution is -2.36. The fourth-order valence-electron chi connectivity index (χ4n) is 3.61. The molecule has 4 nitrogen and oxygen atoms in total. The van der Waals surface area contributed by atoms with Gasteiger partial charge in [0.2, 0.25) is 0 Å². The molecule has 2 unspecified atom stereocenters. The number of rotatable bonds is 2. The van der Waals surface area contributed by atoms with E-state index in [0.29, 0.717) is 36.8 Å². The normalized spacial score (nSPS) is 29.8. The number of nitrogens with zero attached hydrogens (tertiary/aromatic N) is 1. The Morgan fingerprint density at radius 1 is 1.24 bits per heavy atom. The number of carbonyl (C=O) groups is 1. The summed E-state index contributed by atoms with van der Waals surface area (Å²) in [5.74, 6) is -0.334. The topological polar surface area (TPSA) is 75.0 Å². The molecule has 2 fully saturated rings. The first-order valence-electron chi connectivity index (χ1n) is 7.21. The van der Waals surface area contributed by atoms with Gasteiger partial charge in [0.1, 0.15) is 0 Å². The van der Waals surface area contributed by atoms with Crippen molar-refractivity contribution in [1.29, 1.82) is 5.26 Å². The molecule has 2 aliphatic rings. The van der Waals surface area contributed by atoms with Crippen LogP contribution >= 0.6 is 0 Å². The zero-order valence-electron chi connectivity index (χ0n) is 11.9. The molecule has 2 heterocycles. The van der Waals surface area contributed by atoms with Crippen LogP contribution < -0.4 is 0 Å². The monoisotopic (exact) mass is 303 g/mol. The lowest BCUT2D eigenvalue weighted by molar-refractivity contribution is 0.0905. The quantitative estimate of drug-likeness (QED) is 0.786. The zero-order valence-corrected chi connectivity index (χ0v) is 12.7. The Kier molecular flexibility index (Phi) is 3.37. The second-order valence-electron chi connectivity index (χ2n) is 6.10. The number of Topliss-reactive ketones (excluding diaryl/α,β-unsaturated/α-hetero) is 1. The lowest BCUT2D eigenvalue weighted by atomic mass is 9.88. The molecule has 3 rings (SSSR count). The highest BCUT2D eigenvalue weighted by atomic mass is 32.2. The molecule has 0 spiro atoms. The maximum atomic E-state index is 12.7. The van der Waals surface area contributed by atoms with Crippen molar-refractivity contribution in [2.45, 2.75) is 43.1 Å². The van der Waals surface area contributed by atoms with E-state index in [0.717, 1.165) is 5.56 Å². The van der Waals surface area contributed by atoms with Gasteiger partial charge in [0, 0.05) is 11.5 Å². The Balaban J connectivity index is 1.90. The first-order valence-corrected chi connectivity index (χ1v) is 8.82. The number of nitriles is 1. The summed E-state index contributed by atoms with van der Waals surface area (Å²) >= 11 is 0. The van der Waals surface area contributed by atoms with Crippen molar-refractivity contribution in [3.05, 3.63) is 34.9 Å². The summed E-state index contributed by atoms with van der Waals surface area (Å²) in [7, 11) is -3.02. The van der Waals surface area contributed by atoms with Crippen molar-refractivity contribution < 1.29 is 13.2 Å². The second kappa shape index (κ2) is 4.96. The van der Waals surface area contributed by atoms with Crippen LogP contribution in [0.15, 0.2) is 18.2 Å². The third-order valence-corrected chi connectivity index (χ3v) is 7.48. The van der Waals surface area contributed by atoms with E-state index in [1.165, 1.54) is 0 Å². The molecule has 0 aromatic heterocycles. The molecule has 1 aromatic rings. The molecular formula is C16H17NO3S. The van der Waals surface area contributed by atoms with E-state index in [4.69, 9.17) is 0 Å². The summed E-state index contributed by atoms with van der Waals surface area (Å²) < 4.78 is 24.2. The Morgan fingerprint density at radius 2 is 1.86 bits per heavy atom. The van der Waals surface area contributed by atoms with Crippen LogP contribution in [0.3, 0.4) is 0 Å². The van der Waals surface area contributed by atoms with Gasteiger partial charge in [0.25, 0.3) is 0 Å². The Morgan fingerprint density at radius 3 is 2.43 bits per heavy atom. The molecule has 0 aliphatic carbocycles. The van der Waals surface area contributed by atoms with Gasteiger partial charge >= 0.3 is 0 Å². The molecule has 2 bridgehead atoms. The summed E-state index contributed by atoms with van der Waals surface area (Å²) in [5, 5.41) is 8.47. The highest BCUT2D eigenvalue weighted by Crippen LogP contribution is 2.42. The van der Waals surface area contributed by atoms with Crippen LogP contribution in [0.2, 0.25) is 0 Å². The van der Waals surface area contributed by atoms with Gasteiger partial charge in [-0.15, -0.1) is 0 Å². The lowest BCUT2D eigenvalue weighted by Gasteiger charge is -2.27. The van der Waals surface area contributed by atoms with E-state index in [1.54, 1.807) is 12.1 Å². The van der Waals surface area contributed by atoms with Crippen molar-refractivity contribution in [2.24, 2.45) is 5.92 Å². The predicted octanol–water partition coefficient (Wildman–Crippen LogP) is 2.41. The number of benzene rings is 1. The van der Waals surface area contributed by atoms with Crippen LogP contribution in [-0.2, 0) is 9.84 Å². The van der Waals surface area contributed by atoms with Crippen molar-refractivity contribution in [2.75, 3.05) is 0 Å². The summed E-state index contributed by atoms with van der Waals surface area (Å²) in [6.45, 7) is 1.88. The molecule has 0 saturated carbocycles. The average molecular weight is 303 g/mol. The minimum Gasteiger partial charge on any atom is -0.294 e. The molecule has 5 heteroatoms. The maximum Gasteiger partial charge on any atom is 0.167 e. The highest BCUT2D eigenvalue weighted by Gasteiger charge is 2.48. The Bertz CT molecular complexity index is 725. The van der Waals surface area contributed by atoms with Crippen molar-refractivity contribution >= 4 is 15.6 Å². The van der Waals surface area contributed by atoms with Gasteiger partial charge < -0.3 is 0 Å². The van der Waals surface area contributed by atoms with E-state index in [2.05, 4.69) is 6.07 Å². The summed E-state index contributed by atoms with van der Waals surface area (Å²) in [6, 6.07) is 7.30. The number of fused-ring (bicyclic) bond motifs is 2. The number of sulfone groups is 1. The second-order valence-corrected chi connectivity index (χ2v) is 8.62. The Labute approximate surface area is 124 Å². The zero-order chi connectivity index (χ0) is 15.2. The van der Waals surface area contributed by atoms with Gasteiger partial charge in [0.05, 0.1) is 22.1 Å². The standard InChI is InChI=1S/C16H17NO3S/c1-10-2-5-15(12(6-10)9-17)16(18)11-7-13-3-4-14(8-11)21(13,19)20/h2,5-6,11,13-14H,3-4,7-8H2,1H3. The van der Waals surface area contributed by atoms with E-state index < -0.39 is 9.84 Å². The van der Waals surface area contributed by atoms with Gasteiger partial charge in [-0.2, -0.15) is 5.26 Å². The molecule has 2 aliphatic heterocycles. The number of hydrogen-bond acceptors (Lipinski definition) is 4. The SMILES string of the molecule is Cc1ccc(C(=O)C2CC3CCC(C2)S3(=O)=O)c(C#N)c1. The average Bonchev–Trinajstić information content (AvgIpc) is 2.66. The van der Waals surface area contributed by atoms with Gasteiger partial charge in [-0.05, 0) is 50.3 Å². The van der Waals surface area contributed by atoms with Gasteiger partial charge in [-0.1, -0.05) is 6.07 Å². The molecule has 1 aromatic carbocycles. The molecule has 110 valence electrons. The van der Waals surface area contributed by atoms with Crippen LogP contribution in [0.1, 0.15) is 47.2 Å². The summed E-state index contributed by atoms with van der Waals surface area (Å²) in [4.78, 5) is 12.7. The highest BCUT2D eigenvalue weighted by molar-refractivity contribution is 7.93. The molecule has 2 saturated heterocycles. The number of hydrogen-bond donors (Lipinski definition) is 0. The van der Waals surface area contributed by atoms with Gasteiger partial charge in [-0.3, -0.25) is 4.79 Å². The maximum absolute atomic E-state index is 12.7. The van der Waals surface area contributed by atoms with E-state index in [9.17, 15) is 18.5 Å². The van der Waals surface area contributed by atoms with Crippen LogP contribution in [0.5, 0.6) is 0 Å². The molecule has 0 radical (unpaired) electrons. The van der Waals surface area contributed by atoms with Crippen molar-refractivity contribution in [3.63, 3.8) is 0 Å². The predicted molar refractivity (Wildman–Crippen MR) is 78.7 cm³/mol. The molecule has 21 heavy (non-hydrogen) atoms. The van der Waals surface area contributed by atoms with Crippen LogP contribution in [-0.4, -0.2) is 24.7 Å². The van der Waals surface area contributed by atoms with Crippen molar-refractivity contribution in [1.82, 2.24) is 0 Å². The third-order valence-electron chi connectivity index (χ3n) is 4.77. The number of aryl methyl sites for hydroxylation is 1. The van der Waals surface area contributed by atoms with Gasteiger partial charge in [0.15, 0.2) is 15.6 Å². The molecule has 2 atom stereocenters. The summed E-state index contributed by atoms with van der Waals surface area (Å²) in [6.07, 6.45) is 2.18. The Hall–Kier alpha value is -1.67. The van der Waals surface area contributed by atoms with Gasteiger partial charge in [-0.25, -0.2) is 8.42 Å². The van der Waals surface area contributed by atoms with E-state index in [-0.39, 0.29) is 22.2 Å². The van der Waals surface area contributed by atoms with Crippen molar-refractivity contribution in [3.8, 4) is 6.07 Å². The van der Waals surface area contributed by atoms with Crippen LogP contribution in [0, 0.1) is 24.2 Å². The third kappa shape index (κ3) is 2.28. The number of carbonyl (C=O) groups excluding carboxylic acids is 1. The fourth-order valence-corrected chi connectivity index (χ4v) is 6.08. The largest absolute Gasteiger partial charge is 0.294 e. The smallest absolute Gasteiger partial charge is 0.167 e. The molecule has 0 amide bonds. The first-order chi connectivity index (χ1) is 9.93. The van der Waals surface area contributed by atoms with Crippen LogP contribution in [0.4, 0.5) is 0 Å². The van der Waals surface area contributed by atoms with Crippen LogP contribution in [0.25, 0.3) is 0 Å². The fraction of sp³-hybridized carbons (Fsp3) is 0.500. The van der Waals surface area contributed by atoms with E-state index >= 15 is 0 Å².